The predicted octanol–water partition coefficient (Wildman–Crippen LogP) is 3.89. The Bertz CT molecular complexity index is 1130. The molecule has 164 valence electrons. The van der Waals surface area contributed by atoms with Crippen molar-refractivity contribution in [3.8, 4) is 5.75 Å². The second-order valence-electron chi connectivity index (χ2n) is 8.08. The molecule has 0 amide bonds. The van der Waals surface area contributed by atoms with Crippen LogP contribution in [0.1, 0.15) is 37.7 Å². The van der Waals surface area contributed by atoms with E-state index < -0.39 is 10.0 Å². The van der Waals surface area contributed by atoms with Crippen LogP contribution in [0.15, 0.2) is 53.7 Å². The summed E-state index contributed by atoms with van der Waals surface area (Å²) in [6, 6.07) is 12.5. The van der Waals surface area contributed by atoms with Gasteiger partial charge in [-0.15, -0.1) is 0 Å². The zero-order chi connectivity index (χ0) is 21.7. The van der Waals surface area contributed by atoms with E-state index in [1.165, 1.54) is 44.2 Å². The number of hydrogen-bond donors (Lipinski definition) is 2. The van der Waals surface area contributed by atoms with Crippen LogP contribution >= 0.6 is 0 Å². The van der Waals surface area contributed by atoms with E-state index in [1.54, 1.807) is 18.5 Å². The first-order valence-corrected chi connectivity index (χ1v) is 12.3. The highest BCUT2D eigenvalue weighted by Crippen LogP contribution is 2.27. The fourth-order valence-electron chi connectivity index (χ4n) is 4.01. The van der Waals surface area contributed by atoms with Gasteiger partial charge < -0.3 is 10.1 Å². The number of fused-ring (bicyclic) bond motifs is 1. The number of ether oxygens (including phenoxy) is 1. The van der Waals surface area contributed by atoms with Crippen LogP contribution in [-0.2, 0) is 16.4 Å². The van der Waals surface area contributed by atoms with Gasteiger partial charge in [-0.1, -0.05) is 31.4 Å². The first kappa shape index (κ1) is 21.5. The molecule has 3 aromatic rings. The van der Waals surface area contributed by atoms with Gasteiger partial charge in [-0.3, -0.25) is 0 Å². The maximum absolute atomic E-state index is 11.4. The molecule has 0 atom stereocenters. The summed E-state index contributed by atoms with van der Waals surface area (Å²) < 4.78 is 28.7. The molecule has 3 N–H and O–H groups in total. The topological polar surface area (TPSA) is 107 Å². The minimum atomic E-state index is -3.66. The van der Waals surface area contributed by atoms with Crippen molar-refractivity contribution < 1.29 is 13.2 Å². The fourth-order valence-corrected chi connectivity index (χ4v) is 4.52. The van der Waals surface area contributed by atoms with Crippen LogP contribution in [0.25, 0.3) is 10.9 Å². The molecule has 4 rings (SSSR count). The summed E-state index contributed by atoms with van der Waals surface area (Å²) in [5.41, 5.74) is 1.85. The molecule has 1 aliphatic rings. The molecule has 2 aromatic carbocycles. The molecule has 7 nitrogen and oxygen atoms in total. The molecule has 0 radical (unpaired) electrons. The Morgan fingerprint density at radius 3 is 2.55 bits per heavy atom. The fraction of sp³-hybridized carbons (Fsp3) is 0.391. The van der Waals surface area contributed by atoms with Gasteiger partial charge in [-0.25, -0.2) is 23.5 Å². The average Bonchev–Trinajstić information content (AvgIpc) is 2.78. The van der Waals surface area contributed by atoms with Crippen molar-refractivity contribution in [2.45, 2.75) is 43.4 Å². The third-order valence-electron chi connectivity index (χ3n) is 5.78. The van der Waals surface area contributed by atoms with E-state index >= 15 is 0 Å². The number of rotatable bonds is 8. The van der Waals surface area contributed by atoms with Crippen molar-refractivity contribution in [1.29, 1.82) is 0 Å². The van der Waals surface area contributed by atoms with Crippen molar-refractivity contribution >= 4 is 26.7 Å². The molecule has 0 unspecified atom stereocenters. The number of sulfonamides is 1. The summed E-state index contributed by atoms with van der Waals surface area (Å²) in [5, 5.41) is 9.43. The SMILES string of the molecule is NS(=O)(=O)c1ccc(CCNc2ncnc3cc(OCC4CCCCC4)ccc23)cc1. The Kier molecular flexibility index (Phi) is 6.67. The summed E-state index contributed by atoms with van der Waals surface area (Å²) in [5.74, 6) is 2.27. The van der Waals surface area contributed by atoms with E-state index in [1.807, 2.05) is 18.2 Å². The molecule has 31 heavy (non-hydrogen) atoms. The van der Waals surface area contributed by atoms with Gasteiger partial charge >= 0.3 is 0 Å². The minimum absolute atomic E-state index is 0.118. The lowest BCUT2D eigenvalue weighted by molar-refractivity contribution is 0.209. The number of hydrogen-bond acceptors (Lipinski definition) is 6. The van der Waals surface area contributed by atoms with Gasteiger partial charge in [0.2, 0.25) is 10.0 Å². The third-order valence-corrected chi connectivity index (χ3v) is 6.71. The number of nitrogens with zero attached hydrogens (tertiary/aromatic N) is 2. The van der Waals surface area contributed by atoms with Crippen molar-refractivity contribution in [3.63, 3.8) is 0 Å². The molecular weight excluding hydrogens is 412 g/mol. The van der Waals surface area contributed by atoms with E-state index in [2.05, 4.69) is 15.3 Å². The van der Waals surface area contributed by atoms with Crippen molar-refractivity contribution in [1.82, 2.24) is 9.97 Å². The molecule has 0 spiro atoms. The zero-order valence-corrected chi connectivity index (χ0v) is 18.3. The average molecular weight is 441 g/mol. The number of nitrogens with one attached hydrogen (secondary N) is 1. The number of nitrogens with two attached hydrogens (primary N) is 1. The third kappa shape index (κ3) is 5.71. The number of anilines is 1. The summed E-state index contributed by atoms with van der Waals surface area (Å²) >= 11 is 0. The monoisotopic (exact) mass is 440 g/mol. The molecule has 0 bridgehead atoms. The van der Waals surface area contributed by atoms with Gasteiger partial charge in [-0.2, -0.15) is 0 Å². The number of benzene rings is 2. The molecular formula is C23H28N4O3S. The lowest BCUT2D eigenvalue weighted by Gasteiger charge is -2.21. The Morgan fingerprint density at radius 2 is 1.81 bits per heavy atom. The second kappa shape index (κ2) is 9.62. The lowest BCUT2D eigenvalue weighted by atomic mass is 9.90. The van der Waals surface area contributed by atoms with Gasteiger partial charge in [0.1, 0.15) is 17.9 Å². The van der Waals surface area contributed by atoms with Crippen LogP contribution in [-0.4, -0.2) is 31.5 Å². The normalized spacial score (nSPS) is 15.1. The minimum Gasteiger partial charge on any atom is -0.493 e. The summed E-state index contributed by atoms with van der Waals surface area (Å²) in [7, 11) is -3.66. The summed E-state index contributed by atoms with van der Waals surface area (Å²) in [6.45, 7) is 1.42. The number of primary sulfonamides is 1. The van der Waals surface area contributed by atoms with E-state index in [0.717, 1.165) is 41.1 Å². The molecule has 1 saturated carbocycles. The second-order valence-corrected chi connectivity index (χ2v) is 9.64. The quantitative estimate of drug-likeness (QED) is 0.550. The van der Waals surface area contributed by atoms with Crippen LogP contribution in [0.2, 0.25) is 0 Å². The van der Waals surface area contributed by atoms with E-state index in [0.29, 0.717) is 12.5 Å². The van der Waals surface area contributed by atoms with Crippen molar-refractivity contribution in [2.75, 3.05) is 18.5 Å². The standard InChI is InChI=1S/C23H28N4O3S/c24-31(28,29)20-9-6-17(7-10-20)12-13-25-23-21-11-8-19(14-22(21)26-16-27-23)30-15-18-4-2-1-3-5-18/h6-11,14,16,18H,1-5,12-13,15H2,(H2,24,28,29)(H,25,26,27). The smallest absolute Gasteiger partial charge is 0.238 e. The summed E-state index contributed by atoms with van der Waals surface area (Å²) in [6.07, 6.45) is 8.76. The van der Waals surface area contributed by atoms with Gasteiger partial charge in [-0.05, 0) is 55.0 Å². The molecule has 0 saturated heterocycles. The maximum atomic E-state index is 11.4. The first-order chi connectivity index (χ1) is 15.0. The van der Waals surface area contributed by atoms with Crippen LogP contribution in [0.4, 0.5) is 5.82 Å². The van der Waals surface area contributed by atoms with Crippen LogP contribution in [0.5, 0.6) is 5.75 Å². The molecule has 1 aliphatic carbocycles. The van der Waals surface area contributed by atoms with Gasteiger partial charge in [0.15, 0.2) is 0 Å². The molecule has 8 heteroatoms. The highest BCUT2D eigenvalue weighted by Gasteiger charge is 2.14. The summed E-state index contributed by atoms with van der Waals surface area (Å²) in [4.78, 5) is 8.89. The molecule has 0 aliphatic heterocycles. The maximum Gasteiger partial charge on any atom is 0.238 e. The first-order valence-electron chi connectivity index (χ1n) is 10.7. The van der Waals surface area contributed by atoms with E-state index in [9.17, 15) is 8.42 Å². The highest BCUT2D eigenvalue weighted by molar-refractivity contribution is 7.89. The predicted molar refractivity (Wildman–Crippen MR) is 122 cm³/mol. The van der Waals surface area contributed by atoms with Crippen molar-refractivity contribution in [2.24, 2.45) is 11.1 Å². The van der Waals surface area contributed by atoms with Crippen LogP contribution in [0, 0.1) is 5.92 Å². The molecule has 1 fully saturated rings. The van der Waals surface area contributed by atoms with Crippen molar-refractivity contribution in [3.05, 3.63) is 54.4 Å². The van der Waals surface area contributed by atoms with E-state index in [-0.39, 0.29) is 4.90 Å². The van der Waals surface area contributed by atoms with E-state index in [4.69, 9.17) is 9.88 Å². The Hall–Kier alpha value is -2.71. The molecule has 1 aromatic heterocycles. The van der Waals surface area contributed by atoms with Crippen LogP contribution < -0.4 is 15.2 Å². The zero-order valence-electron chi connectivity index (χ0n) is 17.5. The van der Waals surface area contributed by atoms with Gasteiger partial charge in [0, 0.05) is 18.0 Å². The molecule has 1 heterocycles. The van der Waals surface area contributed by atoms with Crippen LogP contribution in [0.3, 0.4) is 0 Å². The number of aromatic nitrogens is 2. The Labute approximate surface area is 183 Å². The lowest BCUT2D eigenvalue weighted by Crippen LogP contribution is -2.15. The Balaban J connectivity index is 1.36. The van der Waals surface area contributed by atoms with Gasteiger partial charge in [0.05, 0.1) is 17.0 Å². The van der Waals surface area contributed by atoms with Gasteiger partial charge in [0.25, 0.3) is 0 Å². The highest BCUT2D eigenvalue weighted by atomic mass is 32.2. The largest absolute Gasteiger partial charge is 0.493 e. The Morgan fingerprint density at radius 1 is 1.03 bits per heavy atom.